The molecule has 0 bridgehead atoms. The first-order chi connectivity index (χ1) is 18.1. The van der Waals surface area contributed by atoms with Crippen LogP contribution < -0.4 is 20.1 Å². The molecule has 192 valence electrons. The molecule has 0 spiro atoms. The summed E-state index contributed by atoms with van der Waals surface area (Å²) in [5.74, 6) is 0.987. The normalized spacial score (nSPS) is 11.5. The van der Waals surface area contributed by atoms with Gasteiger partial charge in [0.1, 0.15) is 12.6 Å². The predicted octanol–water partition coefficient (Wildman–Crippen LogP) is 4.38. The van der Waals surface area contributed by atoms with Crippen molar-refractivity contribution in [1.82, 2.24) is 15.6 Å². The van der Waals surface area contributed by atoms with Crippen molar-refractivity contribution >= 4 is 22.9 Å². The number of ether oxygens (including phenoxy) is 3. The molecule has 1 unspecified atom stereocenters. The molecule has 0 saturated carbocycles. The lowest BCUT2D eigenvalue weighted by Gasteiger charge is -2.18. The lowest BCUT2D eigenvalue weighted by Crippen LogP contribution is -2.48. The third kappa shape index (κ3) is 6.82. The van der Waals surface area contributed by atoms with Gasteiger partial charge in [0.15, 0.2) is 11.5 Å². The number of hydrogen-bond acceptors (Lipinski definition) is 5. The maximum absolute atomic E-state index is 13.2. The number of rotatable bonds is 11. The summed E-state index contributed by atoms with van der Waals surface area (Å²) in [4.78, 5) is 29.0. The van der Waals surface area contributed by atoms with Crippen LogP contribution >= 0.6 is 0 Å². The van der Waals surface area contributed by atoms with Crippen LogP contribution in [0.5, 0.6) is 11.5 Å². The fraction of sp³-hybridized carbons (Fsp3) is 0.241. The Morgan fingerprint density at radius 1 is 0.892 bits per heavy atom. The average Bonchev–Trinajstić information content (AvgIpc) is 3.34. The number of nitrogens with one attached hydrogen (secondary N) is 3. The standard InChI is InChI=1S/C29H31N3O5/c1-35-26-13-12-20(16-27(26)36-2)14-15-30-28(33)25(17-22-18-31-24-11-7-6-10-23(22)24)32-29(34)37-19-21-8-4-3-5-9-21/h3-13,16,18,25,31H,14-15,17,19H2,1-2H3,(H,30,33)(H,32,34). The van der Waals surface area contributed by atoms with Gasteiger partial charge in [0.05, 0.1) is 14.2 Å². The highest BCUT2D eigenvalue weighted by Crippen LogP contribution is 2.27. The van der Waals surface area contributed by atoms with Gasteiger partial charge in [0.2, 0.25) is 5.91 Å². The Morgan fingerprint density at radius 2 is 1.65 bits per heavy atom. The van der Waals surface area contributed by atoms with E-state index in [9.17, 15) is 9.59 Å². The van der Waals surface area contributed by atoms with Crippen LogP contribution in [0.3, 0.4) is 0 Å². The molecule has 4 aromatic rings. The molecule has 1 aromatic heterocycles. The van der Waals surface area contributed by atoms with Gasteiger partial charge >= 0.3 is 6.09 Å². The number of carbonyl (C=O) groups is 2. The van der Waals surface area contributed by atoms with E-state index in [1.165, 1.54) is 0 Å². The molecule has 1 atom stereocenters. The van der Waals surface area contributed by atoms with Crippen LogP contribution in [0.4, 0.5) is 4.79 Å². The van der Waals surface area contributed by atoms with Crippen molar-refractivity contribution in [2.45, 2.75) is 25.5 Å². The van der Waals surface area contributed by atoms with Gasteiger partial charge in [-0.25, -0.2) is 4.79 Å². The topological polar surface area (TPSA) is 102 Å². The van der Waals surface area contributed by atoms with E-state index in [2.05, 4.69) is 15.6 Å². The Labute approximate surface area is 215 Å². The number of aromatic nitrogens is 1. The van der Waals surface area contributed by atoms with Gasteiger partial charge in [-0.1, -0.05) is 54.6 Å². The predicted molar refractivity (Wildman–Crippen MR) is 142 cm³/mol. The van der Waals surface area contributed by atoms with E-state index >= 15 is 0 Å². The number of alkyl carbamates (subject to hydrolysis) is 1. The van der Waals surface area contributed by atoms with E-state index in [1.807, 2.05) is 79.0 Å². The van der Waals surface area contributed by atoms with Crippen molar-refractivity contribution in [1.29, 1.82) is 0 Å². The number of hydrogen-bond donors (Lipinski definition) is 3. The van der Waals surface area contributed by atoms with E-state index in [-0.39, 0.29) is 12.5 Å². The minimum absolute atomic E-state index is 0.118. The van der Waals surface area contributed by atoms with Crippen molar-refractivity contribution in [2.75, 3.05) is 20.8 Å². The van der Waals surface area contributed by atoms with Crippen molar-refractivity contribution in [3.8, 4) is 11.5 Å². The van der Waals surface area contributed by atoms with Gasteiger partial charge in [-0.3, -0.25) is 4.79 Å². The zero-order valence-corrected chi connectivity index (χ0v) is 21.0. The number of benzene rings is 3. The van der Waals surface area contributed by atoms with E-state index in [1.54, 1.807) is 14.2 Å². The molecule has 3 N–H and O–H groups in total. The third-order valence-corrected chi connectivity index (χ3v) is 6.08. The lowest BCUT2D eigenvalue weighted by atomic mass is 10.0. The van der Waals surface area contributed by atoms with Gasteiger partial charge in [-0.15, -0.1) is 0 Å². The maximum Gasteiger partial charge on any atom is 0.408 e. The second-order valence-electron chi connectivity index (χ2n) is 8.55. The van der Waals surface area contributed by atoms with Crippen LogP contribution in [0.25, 0.3) is 10.9 Å². The second kappa shape index (κ2) is 12.5. The van der Waals surface area contributed by atoms with Crippen LogP contribution in [-0.4, -0.2) is 43.8 Å². The van der Waals surface area contributed by atoms with Gasteiger partial charge < -0.3 is 29.8 Å². The Kier molecular flexibility index (Phi) is 8.65. The highest BCUT2D eigenvalue weighted by atomic mass is 16.5. The fourth-order valence-corrected chi connectivity index (χ4v) is 4.13. The molecule has 1 heterocycles. The molecule has 0 aliphatic carbocycles. The zero-order valence-electron chi connectivity index (χ0n) is 21.0. The summed E-state index contributed by atoms with van der Waals surface area (Å²) in [6.45, 7) is 0.507. The summed E-state index contributed by atoms with van der Waals surface area (Å²) in [5, 5.41) is 6.70. The van der Waals surface area contributed by atoms with Crippen molar-refractivity contribution in [3.05, 3.63) is 95.7 Å². The summed E-state index contributed by atoms with van der Waals surface area (Å²) in [7, 11) is 3.17. The van der Waals surface area contributed by atoms with Crippen molar-refractivity contribution in [3.63, 3.8) is 0 Å². The van der Waals surface area contributed by atoms with Crippen LogP contribution in [-0.2, 0) is 29.0 Å². The van der Waals surface area contributed by atoms with Crippen LogP contribution in [0.2, 0.25) is 0 Å². The number of methoxy groups -OCH3 is 2. The van der Waals surface area contributed by atoms with Crippen molar-refractivity contribution in [2.24, 2.45) is 0 Å². The highest BCUT2D eigenvalue weighted by Gasteiger charge is 2.23. The molecule has 0 aliphatic heterocycles. The molecule has 0 aliphatic rings. The summed E-state index contributed by atoms with van der Waals surface area (Å²) in [5.41, 5.74) is 3.75. The Balaban J connectivity index is 1.41. The number of aromatic amines is 1. The van der Waals surface area contributed by atoms with Gasteiger partial charge in [0, 0.05) is 30.1 Å². The zero-order chi connectivity index (χ0) is 26.0. The monoisotopic (exact) mass is 501 g/mol. The van der Waals surface area contributed by atoms with Crippen LogP contribution in [0.15, 0.2) is 79.0 Å². The molecule has 8 heteroatoms. The minimum atomic E-state index is -0.812. The summed E-state index contributed by atoms with van der Waals surface area (Å²) >= 11 is 0. The SMILES string of the molecule is COc1ccc(CCNC(=O)C(Cc2c[nH]c3ccccc23)NC(=O)OCc2ccccc2)cc1OC. The molecule has 3 aromatic carbocycles. The van der Waals surface area contributed by atoms with E-state index in [0.717, 1.165) is 27.6 Å². The summed E-state index contributed by atoms with van der Waals surface area (Å²) < 4.78 is 16.0. The number of carbonyl (C=O) groups excluding carboxylic acids is 2. The summed E-state index contributed by atoms with van der Waals surface area (Å²) in [6, 6.07) is 22.1. The lowest BCUT2D eigenvalue weighted by molar-refractivity contribution is -0.123. The quantitative estimate of drug-likeness (QED) is 0.283. The van der Waals surface area contributed by atoms with E-state index < -0.39 is 12.1 Å². The van der Waals surface area contributed by atoms with E-state index in [4.69, 9.17) is 14.2 Å². The molecular weight excluding hydrogens is 470 g/mol. The van der Waals surface area contributed by atoms with Gasteiger partial charge in [-0.05, 0) is 41.3 Å². The van der Waals surface area contributed by atoms with E-state index in [0.29, 0.717) is 30.9 Å². The first-order valence-electron chi connectivity index (χ1n) is 12.1. The number of para-hydroxylation sites is 1. The molecule has 0 radical (unpaired) electrons. The minimum Gasteiger partial charge on any atom is -0.493 e. The number of amides is 2. The number of H-pyrrole nitrogens is 1. The molecular formula is C29H31N3O5. The Bertz CT molecular complexity index is 1340. The second-order valence-corrected chi connectivity index (χ2v) is 8.55. The Hall–Kier alpha value is -4.46. The highest BCUT2D eigenvalue weighted by molar-refractivity contribution is 5.88. The summed E-state index contributed by atoms with van der Waals surface area (Å²) in [6.07, 6.45) is 2.12. The molecule has 2 amide bonds. The average molecular weight is 502 g/mol. The maximum atomic E-state index is 13.2. The molecule has 8 nitrogen and oxygen atoms in total. The largest absolute Gasteiger partial charge is 0.493 e. The van der Waals surface area contributed by atoms with Gasteiger partial charge in [0.25, 0.3) is 0 Å². The third-order valence-electron chi connectivity index (χ3n) is 6.08. The smallest absolute Gasteiger partial charge is 0.408 e. The van der Waals surface area contributed by atoms with Crippen LogP contribution in [0.1, 0.15) is 16.7 Å². The molecule has 0 fully saturated rings. The molecule has 0 saturated heterocycles. The molecule has 37 heavy (non-hydrogen) atoms. The first-order valence-corrected chi connectivity index (χ1v) is 12.1. The van der Waals surface area contributed by atoms with Crippen LogP contribution in [0, 0.1) is 0 Å². The molecule has 4 rings (SSSR count). The Morgan fingerprint density at radius 3 is 2.43 bits per heavy atom. The first kappa shape index (κ1) is 25.6. The fourth-order valence-electron chi connectivity index (χ4n) is 4.13. The van der Waals surface area contributed by atoms with Crippen molar-refractivity contribution < 1.29 is 23.8 Å². The van der Waals surface area contributed by atoms with Gasteiger partial charge in [-0.2, -0.15) is 0 Å². The number of fused-ring (bicyclic) bond motifs is 1.